The van der Waals surface area contributed by atoms with Gasteiger partial charge in [-0.15, -0.1) is 0 Å². The van der Waals surface area contributed by atoms with Gasteiger partial charge in [-0.25, -0.2) is 4.79 Å². The molecule has 1 aromatic heterocycles. The second-order valence-corrected chi connectivity index (χ2v) is 9.42. The van der Waals surface area contributed by atoms with Crippen LogP contribution in [-0.2, 0) is 14.0 Å². The van der Waals surface area contributed by atoms with E-state index in [1.54, 1.807) is 33.0 Å². The molecular formula is C20H24BClN2O4. The fourth-order valence-electron chi connectivity index (χ4n) is 3.05. The third-order valence-corrected chi connectivity index (χ3v) is 5.33. The normalized spacial score (nSPS) is 18.3. The van der Waals surface area contributed by atoms with Gasteiger partial charge >= 0.3 is 13.2 Å². The number of hydrogen-bond donors (Lipinski definition) is 0. The summed E-state index contributed by atoms with van der Waals surface area (Å²) in [5, 5.41) is 10.6. The summed E-state index contributed by atoms with van der Waals surface area (Å²) in [6.07, 6.45) is 1.03. The highest BCUT2D eigenvalue weighted by molar-refractivity contribution is 6.65. The van der Waals surface area contributed by atoms with Crippen molar-refractivity contribution in [1.82, 2.24) is 4.57 Å². The molecule has 1 aliphatic heterocycles. The Bertz CT molecular complexity index is 982. The molecule has 1 aliphatic rings. The molecule has 1 aromatic carbocycles. The van der Waals surface area contributed by atoms with E-state index in [9.17, 15) is 10.1 Å². The molecule has 28 heavy (non-hydrogen) atoms. The summed E-state index contributed by atoms with van der Waals surface area (Å²) in [4.78, 5) is 12.8. The summed E-state index contributed by atoms with van der Waals surface area (Å²) < 4.78 is 19.2. The van der Waals surface area contributed by atoms with Gasteiger partial charge in [-0.1, -0.05) is 11.6 Å². The van der Waals surface area contributed by atoms with Crippen LogP contribution in [0.25, 0.3) is 10.9 Å². The van der Waals surface area contributed by atoms with Crippen molar-refractivity contribution in [3.8, 4) is 6.07 Å². The van der Waals surface area contributed by atoms with Gasteiger partial charge in [-0.3, -0.25) is 4.57 Å². The first kappa shape index (κ1) is 20.7. The van der Waals surface area contributed by atoms with Crippen molar-refractivity contribution in [2.45, 2.75) is 65.3 Å². The van der Waals surface area contributed by atoms with Crippen LogP contribution in [0.4, 0.5) is 4.79 Å². The van der Waals surface area contributed by atoms with E-state index in [1.165, 1.54) is 10.6 Å². The molecule has 0 unspecified atom stereocenters. The molecule has 1 fully saturated rings. The largest absolute Gasteiger partial charge is 0.497 e. The predicted molar refractivity (Wildman–Crippen MR) is 109 cm³/mol. The smallest absolute Gasteiger partial charge is 0.443 e. The highest BCUT2D eigenvalue weighted by Crippen LogP contribution is 2.37. The molecule has 0 bridgehead atoms. The number of nitrogens with zero attached hydrogens (tertiary/aromatic N) is 2. The van der Waals surface area contributed by atoms with Crippen LogP contribution in [-0.4, -0.2) is 34.6 Å². The minimum atomic E-state index is -0.707. The fourth-order valence-corrected chi connectivity index (χ4v) is 3.27. The Hall–Kier alpha value is -2.01. The van der Waals surface area contributed by atoms with Crippen molar-refractivity contribution in [3.05, 3.63) is 28.9 Å². The van der Waals surface area contributed by atoms with E-state index in [2.05, 4.69) is 6.07 Å². The first-order valence-electron chi connectivity index (χ1n) is 9.09. The van der Waals surface area contributed by atoms with Crippen molar-refractivity contribution >= 4 is 41.2 Å². The van der Waals surface area contributed by atoms with Gasteiger partial charge in [-0.2, -0.15) is 5.26 Å². The highest BCUT2D eigenvalue weighted by atomic mass is 35.5. The van der Waals surface area contributed by atoms with E-state index in [4.69, 9.17) is 25.6 Å². The number of fused-ring (bicyclic) bond motifs is 1. The van der Waals surface area contributed by atoms with Gasteiger partial charge in [-0.05, 0) is 60.6 Å². The Kier molecular flexibility index (Phi) is 4.82. The van der Waals surface area contributed by atoms with E-state index in [-0.39, 0.29) is 5.56 Å². The topological polar surface area (TPSA) is 73.5 Å². The van der Waals surface area contributed by atoms with E-state index in [0.717, 1.165) is 0 Å². The lowest BCUT2D eigenvalue weighted by Gasteiger charge is -2.32. The number of nitriles is 1. The Morgan fingerprint density at radius 1 is 1.21 bits per heavy atom. The molecule has 0 N–H and O–H groups in total. The van der Waals surface area contributed by atoms with Crippen molar-refractivity contribution in [1.29, 1.82) is 5.26 Å². The summed E-state index contributed by atoms with van der Waals surface area (Å²) in [5.41, 5.74) is -0.457. The average molecular weight is 403 g/mol. The van der Waals surface area contributed by atoms with Crippen molar-refractivity contribution in [2.24, 2.45) is 0 Å². The van der Waals surface area contributed by atoms with Gasteiger partial charge in [0.15, 0.2) is 0 Å². The first-order chi connectivity index (χ1) is 12.8. The number of hydrogen-bond acceptors (Lipinski definition) is 5. The predicted octanol–water partition coefficient (Wildman–Crippen LogP) is 4.25. The Morgan fingerprint density at radius 3 is 2.29 bits per heavy atom. The van der Waals surface area contributed by atoms with Crippen LogP contribution >= 0.6 is 11.6 Å². The van der Waals surface area contributed by atoms with E-state index in [1.807, 2.05) is 27.7 Å². The minimum Gasteiger partial charge on any atom is -0.443 e. The van der Waals surface area contributed by atoms with Gasteiger partial charge < -0.3 is 14.0 Å². The van der Waals surface area contributed by atoms with Crippen LogP contribution in [0.1, 0.15) is 54.0 Å². The highest BCUT2D eigenvalue weighted by Gasteiger charge is 2.52. The van der Waals surface area contributed by atoms with Crippen LogP contribution in [0, 0.1) is 11.3 Å². The summed E-state index contributed by atoms with van der Waals surface area (Å²) in [5.74, 6) is 0. The number of ether oxygens (including phenoxy) is 1. The summed E-state index contributed by atoms with van der Waals surface area (Å²) in [6, 6.07) is 5.34. The lowest BCUT2D eigenvalue weighted by Crippen LogP contribution is -2.41. The minimum absolute atomic E-state index is 0.274. The van der Waals surface area contributed by atoms with Crippen LogP contribution in [0.2, 0.25) is 5.02 Å². The van der Waals surface area contributed by atoms with Gasteiger partial charge in [0.05, 0.1) is 22.3 Å². The number of benzene rings is 1. The molecule has 2 heterocycles. The van der Waals surface area contributed by atoms with Crippen LogP contribution in [0.5, 0.6) is 0 Å². The molecule has 0 atom stereocenters. The third-order valence-electron chi connectivity index (χ3n) is 5.11. The SMILES string of the molecule is CC(C)(C)OC(=O)n1cc(B2OC(C)(C)C(C)(C)O2)c2cc(Cl)cc(C#N)c21. The van der Waals surface area contributed by atoms with E-state index in [0.29, 0.717) is 21.4 Å². The van der Waals surface area contributed by atoms with E-state index >= 15 is 0 Å². The molecule has 1 saturated heterocycles. The number of rotatable bonds is 1. The fraction of sp³-hybridized carbons (Fsp3) is 0.500. The summed E-state index contributed by atoms with van der Waals surface area (Å²) in [6.45, 7) is 13.2. The standard InChI is InChI=1S/C20H24BClN2O4/c1-18(2,3)26-17(25)24-11-15(21-27-19(4,5)20(6,7)28-21)14-9-13(22)8-12(10-23)16(14)24/h8-9,11H,1-7H3. The monoisotopic (exact) mass is 402 g/mol. The van der Waals surface area contributed by atoms with Gasteiger partial charge in [0.1, 0.15) is 11.7 Å². The first-order valence-corrected chi connectivity index (χ1v) is 9.47. The molecular weight excluding hydrogens is 378 g/mol. The molecule has 148 valence electrons. The molecule has 3 rings (SSSR count). The number of aromatic nitrogens is 1. The Balaban J connectivity index is 2.21. The molecule has 0 radical (unpaired) electrons. The second kappa shape index (κ2) is 6.52. The van der Waals surface area contributed by atoms with Crippen molar-refractivity contribution in [2.75, 3.05) is 0 Å². The molecule has 6 nitrogen and oxygen atoms in total. The lowest BCUT2D eigenvalue weighted by molar-refractivity contribution is 0.00578. The maximum atomic E-state index is 12.8. The van der Waals surface area contributed by atoms with Crippen LogP contribution < -0.4 is 5.46 Å². The van der Waals surface area contributed by atoms with Crippen LogP contribution in [0.15, 0.2) is 18.3 Å². The molecule has 2 aromatic rings. The Morgan fingerprint density at radius 2 is 1.79 bits per heavy atom. The zero-order valence-electron chi connectivity index (χ0n) is 17.2. The average Bonchev–Trinajstić information content (AvgIpc) is 2.99. The summed E-state index contributed by atoms with van der Waals surface area (Å²) in [7, 11) is -0.707. The molecule has 0 saturated carbocycles. The van der Waals surface area contributed by atoms with Crippen molar-refractivity contribution in [3.63, 3.8) is 0 Å². The molecule has 0 amide bonds. The zero-order valence-corrected chi connectivity index (χ0v) is 18.0. The second-order valence-electron chi connectivity index (χ2n) is 8.98. The van der Waals surface area contributed by atoms with Gasteiger partial charge in [0.2, 0.25) is 0 Å². The molecule has 0 spiro atoms. The maximum absolute atomic E-state index is 12.8. The van der Waals surface area contributed by atoms with Crippen molar-refractivity contribution < 1.29 is 18.8 Å². The van der Waals surface area contributed by atoms with Gasteiger partial charge in [0.25, 0.3) is 0 Å². The quantitative estimate of drug-likeness (QED) is 0.667. The molecule has 0 aliphatic carbocycles. The van der Waals surface area contributed by atoms with Gasteiger partial charge in [0, 0.05) is 22.1 Å². The Labute approximate surface area is 170 Å². The third kappa shape index (κ3) is 3.52. The number of carbonyl (C=O) groups excluding carboxylic acids is 1. The number of carbonyl (C=O) groups is 1. The van der Waals surface area contributed by atoms with E-state index < -0.39 is 30.0 Å². The summed E-state index contributed by atoms with van der Waals surface area (Å²) >= 11 is 6.23. The van der Waals surface area contributed by atoms with Crippen LogP contribution in [0.3, 0.4) is 0 Å². The lowest BCUT2D eigenvalue weighted by atomic mass is 9.79. The maximum Gasteiger partial charge on any atom is 0.497 e. The zero-order chi connectivity index (χ0) is 21.1. The number of halogens is 1. The molecule has 8 heteroatoms.